The first kappa shape index (κ1) is 24.6. The molecule has 2 aliphatic carbocycles. The molecular formula is C26H28F4N2O2. The Kier molecular flexibility index (Phi) is 6.49. The maximum absolute atomic E-state index is 14.4. The Morgan fingerprint density at radius 2 is 1.56 bits per heavy atom. The first-order valence-electron chi connectivity index (χ1n) is 11.5. The van der Waals surface area contributed by atoms with Gasteiger partial charge >= 0.3 is 6.18 Å². The van der Waals surface area contributed by atoms with Crippen LogP contribution in [0.4, 0.5) is 17.6 Å². The third-order valence-electron chi connectivity index (χ3n) is 7.41. The van der Waals surface area contributed by atoms with E-state index in [-0.39, 0.29) is 17.6 Å². The Morgan fingerprint density at radius 3 is 2.06 bits per heavy atom. The van der Waals surface area contributed by atoms with E-state index in [1.807, 2.05) is 4.90 Å². The van der Waals surface area contributed by atoms with E-state index in [2.05, 4.69) is 6.07 Å². The number of rotatable bonds is 6. The molecule has 0 aliphatic heterocycles. The molecule has 2 N–H and O–H groups in total. The first-order chi connectivity index (χ1) is 16.0. The number of nitriles is 1. The van der Waals surface area contributed by atoms with Crippen LogP contribution in [0.25, 0.3) is 0 Å². The Bertz CT molecular complexity index is 1050. The summed E-state index contributed by atoms with van der Waals surface area (Å²) in [4.78, 5) is 1.99. The summed E-state index contributed by atoms with van der Waals surface area (Å²) in [5.74, 6) is -0.392. The minimum absolute atomic E-state index is 0.0336. The topological polar surface area (TPSA) is 67.5 Å². The lowest BCUT2D eigenvalue weighted by molar-refractivity contribution is -0.258. The van der Waals surface area contributed by atoms with Gasteiger partial charge in [-0.05, 0) is 62.6 Å². The van der Waals surface area contributed by atoms with E-state index >= 15 is 0 Å². The molecule has 2 saturated carbocycles. The third kappa shape index (κ3) is 4.45. The number of alkyl halides is 3. The maximum Gasteiger partial charge on any atom is 0.421 e. The number of hydrogen-bond donors (Lipinski definition) is 2. The molecular weight excluding hydrogens is 448 g/mol. The van der Waals surface area contributed by atoms with Crippen molar-refractivity contribution in [1.29, 1.82) is 5.26 Å². The minimum Gasteiger partial charge on any atom is -0.376 e. The van der Waals surface area contributed by atoms with Crippen molar-refractivity contribution in [2.75, 3.05) is 0 Å². The van der Waals surface area contributed by atoms with Crippen molar-refractivity contribution < 1.29 is 27.8 Å². The van der Waals surface area contributed by atoms with E-state index in [1.54, 1.807) is 18.2 Å². The second-order valence-corrected chi connectivity index (χ2v) is 9.65. The largest absolute Gasteiger partial charge is 0.421 e. The molecule has 8 heteroatoms. The minimum atomic E-state index is -4.82. The van der Waals surface area contributed by atoms with Crippen LogP contribution in [0.1, 0.15) is 68.4 Å². The zero-order valence-corrected chi connectivity index (χ0v) is 18.9. The molecule has 4 rings (SSSR count). The van der Waals surface area contributed by atoms with Crippen LogP contribution in [0.15, 0.2) is 48.5 Å². The Balaban J connectivity index is 1.52. The number of aliphatic hydroxyl groups is 2. The number of halogens is 4. The van der Waals surface area contributed by atoms with Crippen molar-refractivity contribution in [1.82, 2.24) is 4.90 Å². The van der Waals surface area contributed by atoms with Crippen molar-refractivity contribution in [2.24, 2.45) is 0 Å². The van der Waals surface area contributed by atoms with Crippen LogP contribution in [-0.4, -0.2) is 33.4 Å². The van der Waals surface area contributed by atoms with Gasteiger partial charge in [-0.15, -0.1) is 0 Å². The Hall–Kier alpha value is -2.47. The summed E-state index contributed by atoms with van der Waals surface area (Å²) in [6.07, 6.45) is -1.93. The van der Waals surface area contributed by atoms with E-state index in [9.17, 15) is 33.0 Å². The highest BCUT2D eigenvalue weighted by Crippen LogP contribution is 2.46. The quantitative estimate of drug-likeness (QED) is 0.430. The van der Waals surface area contributed by atoms with Crippen LogP contribution in [-0.2, 0) is 11.0 Å². The molecule has 0 bridgehead atoms. The summed E-state index contributed by atoms with van der Waals surface area (Å²) in [6.45, 7) is 0.702. The second-order valence-electron chi connectivity index (χ2n) is 9.65. The van der Waals surface area contributed by atoms with Gasteiger partial charge in [-0.2, -0.15) is 18.4 Å². The zero-order chi connectivity index (χ0) is 24.7. The summed E-state index contributed by atoms with van der Waals surface area (Å²) < 4.78 is 53.9. The lowest BCUT2D eigenvalue weighted by Crippen LogP contribution is -2.45. The Morgan fingerprint density at radius 1 is 1.00 bits per heavy atom. The van der Waals surface area contributed by atoms with Gasteiger partial charge in [0.2, 0.25) is 0 Å². The van der Waals surface area contributed by atoms with E-state index in [1.165, 1.54) is 30.3 Å². The van der Waals surface area contributed by atoms with Crippen LogP contribution < -0.4 is 0 Å². The maximum atomic E-state index is 14.4. The van der Waals surface area contributed by atoms with Gasteiger partial charge in [0.25, 0.3) is 0 Å². The molecule has 2 atom stereocenters. The molecule has 2 aromatic carbocycles. The molecule has 0 amide bonds. The van der Waals surface area contributed by atoms with Crippen molar-refractivity contribution in [3.8, 4) is 6.07 Å². The summed E-state index contributed by atoms with van der Waals surface area (Å²) in [7, 11) is 0. The number of hydrogen-bond acceptors (Lipinski definition) is 4. The smallest absolute Gasteiger partial charge is 0.376 e. The third-order valence-corrected chi connectivity index (χ3v) is 7.41. The molecule has 2 aliphatic rings. The van der Waals surface area contributed by atoms with Crippen molar-refractivity contribution in [3.63, 3.8) is 0 Å². The highest BCUT2D eigenvalue weighted by atomic mass is 19.4. The highest BCUT2D eigenvalue weighted by molar-refractivity contribution is 5.35. The summed E-state index contributed by atoms with van der Waals surface area (Å²) in [5, 5.41) is 31.0. The van der Waals surface area contributed by atoms with Gasteiger partial charge in [-0.3, -0.25) is 4.90 Å². The van der Waals surface area contributed by atoms with E-state index in [0.29, 0.717) is 43.7 Å². The zero-order valence-electron chi connectivity index (χ0n) is 18.9. The van der Waals surface area contributed by atoms with Gasteiger partial charge in [0.1, 0.15) is 12.0 Å². The molecule has 1 unspecified atom stereocenters. The number of nitrogens with zero attached hydrogens (tertiary/aromatic N) is 2. The van der Waals surface area contributed by atoms with E-state index in [4.69, 9.17) is 0 Å². The fraction of sp³-hybridized carbons (Fsp3) is 0.500. The molecule has 0 heterocycles. The standard InChI is InChI=1S/C26H28F4N2O2/c1-24(34,26(28,29)30)18-8-6-17(7-9-18)23(33)32(19-10-11-19)20-12-14-25(16-31,15-13-20)21-4-2-3-5-22(21)27/h2-9,19-20,23,33-34H,10-15H2,1H3/t20?,23?,24-,25?/m0/s1. The lowest BCUT2D eigenvalue weighted by atomic mass is 9.68. The van der Waals surface area contributed by atoms with Crippen molar-refractivity contribution >= 4 is 0 Å². The average molecular weight is 477 g/mol. The van der Waals surface area contributed by atoms with Crippen LogP contribution in [0.3, 0.4) is 0 Å². The highest BCUT2D eigenvalue weighted by Gasteiger charge is 2.51. The van der Waals surface area contributed by atoms with Crippen molar-refractivity contribution in [2.45, 2.75) is 81.0 Å². The van der Waals surface area contributed by atoms with Gasteiger partial charge in [-0.1, -0.05) is 42.5 Å². The molecule has 0 aromatic heterocycles. The van der Waals surface area contributed by atoms with Crippen LogP contribution in [0.2, 0.25) is 0 Å². The van der Waals surface area contributed by atoms with Crippen LogP contribution in [0.5, 0.6) is 0 Å². The summed E-state index contributed by atoms with van der Waals surface area (Å²) in [6, 6.07) is 14.0. The molecule has 34 heavy (non-hydrogen) atoms. The Labute approximate surface area is 196 Å². The van der Waals surface area contributed by atoms with Crippen molar-refractivity contribution in [3.05, 3.63) is 71.0 Å². The van der Waals surface area contributed by atoms with Crippen LogP contribution in [0, 0.1) is 17.1 Å². The van der Waals surface area contributed by atoms with Gasteiger partial charge in [0.05, 0.1) is 11.5 Å². The molecule has 0 saturated heterocycles. The summed E-state index contributed by atoms with van der Waals surface area (Å²) >= 11 is 0. The second kappa shape index (κ2) is 8.95. The molecule has 4 nitrogen and oxygen atoms in total. The predicted octanol–water partition coefficient (Wildman–Crippen LogP) is 5.45. The molecule has 0 radical (unpaired) electrons. The average Bonchev–Trinajstić information content (AvgIpc) is 3.64. The molecule has 0 spiro atoms. The van der Waals surface area contributed by atoms with Crippen LogP contribution >= 0.6 is 0 Å². The van der Waals surface area contributed by atoms with Gasteiger partial charge in [0.15, 0.2) is 5.60 Å². The molecule has 2 fully saturated rings. The number of benzene rings is 2. The van der Waals surface area contributed by atoms with Gasteiger partial charge < -0.3 is 10.2 Å². The fourth-order valence-corrected chi connectivity index (χ4v) is 5.07. The number of aliphatic hydroxyl groups excluding tert-OH is 1. The van der Waals surface area contributed by atoms with Gasteiger partial charge in [0, 0.05) is 17.6 Å². The SMILES string of the molecule is C[C@](O)(c1ccc(C(O)N(C2CC2)C2CCC(C#N)(c3ccccc3F)CC2)cc1)C(F)(F)F. The summed E-state index contributed by atoms with van der Waals surface area (Å²) in [5.41, 5.74) is -3.34. The van der Waals surface area contributed by atoms with Gasteiger partial charge in [-0.25, -0.2) is 4.39 Å². The molecule has 182 valence electrons. The van der Waals surface area contributed by atoms with E-state index in [0.717, 1.165) is 12.8 Å². The first-order valence-corrected chi connectivity index (χ1v) is 11.5. The monoisotopic (exact) mass is 476 g/mol. The molecule has 2 aromatic rings. The predicted molar refractivity (Wildman–Crippen MR) is 118 cm³/mol. The lowest BCUT2D eigenvalue weighted by Gasteiger charge is -2.42. The fourth-order valence-electron chi connectivity index (χ4n) is 5.07. The van der Waals surface area contributed by atoms with E-state index < -0.39 is 29.2 Å². The normalized spacial score (nSPS) is 26.0.